The third-order valence-corrected chi connectivity index (χ3v) is 5.38. The number of hydrogen-bond acceptors (Lipinski definition) is 5. The summed E-state index contributed by atoms with van der Waals surface area (Å²) in [5.74, 6) is -1.24. The van der Waals surface area contributed by atoms with Gasteiger partial charge in [-0.2, -0.15) is 13.2 Å². The van der Waals surface area contributed by atoms with Crippen LogP contribution in [0.1, 0.15) is 45.4 Å². The first-order valence-electron chi connectivity index (χ1n) is 10.2. The maximum atomic E-state index is 12.7. The molecule has 2 aliphatic rings. The Labute approximate surface area is 165 Å². The highest BCUT2D eigenvalue weighted by atomic mass is 19.4. The summed E-state index contributed by atoms with van der Waals surface area (Å²) in [5, 5.41) is 15.7. The van der Waals surface area contributed by atoms with E-state index in [1.807, 2.05) is 14.1 Å². The van der Waals surface area contributed by atoms with Crippen LogP contribution in [-0.4, -0.2) is 68.8 Å². The van der Waals surface area contributed by atoms with Gasteiger partial charge in [-0.15, -0.1) is 0 Å². The fourth-order valence-corrected chi connectivity index (χ4v) is 3.84. The van der Waals surface area contributed by atoms with Crippen molar-refractivity contribution in [1.29, 1.82) is 0 Å². The quantitative estimate of drug-likeness (QED) is 0.413. The van der Waals surface area contributed by atoms with Crippen molar-refractivity contribution in [1.82, 2.24) is 31.5 Å². The second kappa shape index (κ2) is 10.6. The van der Waals surface area contributed by atoms with Crippen LogP contribution in [0.3, 0.4) is 0 Å². The zero-order valence-corrected chi connectivity index (χ0v) is 17.0. The molecular weight excluding hydrogens is 373 g/mol. The molecule has 0 radical (unpaired) electrons. The van der Waals surface area contributed by atoms with Gasteiger partial charge in [-0.25, -0.2) is 4.79 Å². The average molecular weight is 409 g/mol. The molecule has 1 saturated carbocycles. The molecule has 7 nitrogen and oxygen atoms in total. The van der Waals surface area contributed by atoms with Gasteiger partial charge in [-0.05, 0) is 72.6 Å². The number of amides is 2. The fraction of sp³-hybridized carbons (Fsp3) is 0.944. The van der Waals surface area contributed by atoms with Gasteiger partial charge in [-0.1, -0.05) is 0 Å². The van der Waals surface area contributed by atoms with Crippen molar-refractivity contribution in [2.45, 2.75) is 76.2 Å². The Morgan fingerprint density at radius 2 is 1.79 bits per heavy atom. The molecule has 3 unspecified atom stereocenters. The van der Waals surface area contributed by atoms with Crippen LogP contribution in [0.5, 0.6) is 0 Å². The number of halogens is 3. The van der Waals surface area contributed by atoms with Crippen LogP contribution in [0, 0.1) is 5.92 Å². The van der Waals surface area contributed by atoms with E-state index in [1.165, 1.54) is 0 Å². The van der Waals surface area contributed by atoms with Gasteiger partial charge < -0.3 is 20.9 Å². The molecule has 0 aromatic carbocycles. The van der Waals surface area contributed by atoms with Crippen LogP contribution in [0.15, 0.2) is 0 Å². The lowest BCUT2D eigenvalue weighted by molar-refractivity contribution is -0.182. The molecule has 0 aromatic heterocycles. The molecule has 3 atom stereocenters. The van der Waals surface area contributed by atoms with Crippen LogP contribution in [0.2, 0.25) is 0 Å². The van der Waals surface area contributed by atoms with Crippen LogP contribution in [-0.2, 0) is 0 Å². The van der Waals surface area contributed by atoms with Crippen molar-refractivity contribution in [2.75, 3.05) is 27.2 Å². The Bertz CT molecular complexity index is 482. The van der Waals surface area contributed by atoms with E-state index < -0.39 is 12.1 Å². The number of nitrogens with one attached hydrogen (secondary N) is 5. The first-order valence-corrected chi connectivity index (χ1v) is 10.2. The first kappa shape index (κ1) is 23.2. The lowest BCUT2D eigenvalue weighted by atomic mass is 9.86. The number of hydrogen-bond donors (Lipinski definition) is 5. The molecule has 0 bridgehead atoms. The van der Waals surface area contributed by atoms with Gasteiger partial charge in [0.15, 0.2) is 0 Å². The Morgan fingerprint density at radius 3 is 2.39 bits per heavy atom. The number of urea groups is 1. The maximum Gasteiger partial charge on any atom is 0.391 e. The van der Waals surface area contributed by atoms with E-state index in [-0.39, 0.29) is 43.4 Å². The monoisotopic (exact) mass is 408 g/mol. The molecule has 2 amide bonds. The molecular formula is C18H35F3N6O. The van der Waals surface area contributed by atoms with E-state index in [4.69, 9.17) is 0 Å². The number of carbonyl (C=O) groups is 1. The summed E-state index contributed by atoms with van der Waals surface area (Å²) in [6.07, 6.45) is -1.64. The van der Waals surface area contributed by atoms with Gasteiger partial charge in [0.1, 0.15) is 6.29 Å². The van der Waals surface area contributed by atoms with Crippen molar-refractivity contribution in [3.8, 4) is 0 Å². The molecule has 1 heterocycles. The SMILES string of the molecule is CC1CC(NCCCN(C)C)NC(NC(=O)NC2CCC(C(F)(F)F)CC2)N1. The second-order valence-electron chi connectivity index (χ2n) is 8.27. The van der Waals surface area contributed by atoms with Crippen LogP contribution in [0.4, 0.5) is 18.0 Å². The van der Waals surface area contributed by atoms with Crippen molar-refractivity contribution < 1.29 is 18.0 Å². The second-order valence-corrected chi connectivity index (χ2v) is 8.27. The zero-order chi connectivity index (χ0) is 20.7. The minimum Gasteiger partial charge on any atom is -0.335 e. The molecule has 2 rings (SSSR count). The van der Waals surface area contributed by atoms with E-state index >= 15 is 0 Å². The van der Waals surface area contributed by atoms with Crippen molar-refractivity contribution in [2.24, 2.45) is 5.92 Å². The molecule has 1 saturated heterocycles. The van der Waals surface area contributed by atoms with E-state index in [9.17, 15) is 18.0 Å². The highest BCUT2D eigenvalue weighted by Gasteiger charge is 2.41. The predicted molar refractivity (Wildman–Crippen MR) is 103 cm³/mol. The Hall–Kier alpha value is -1.10. The smallest absolute Gasteiger partial charge is 0.335 e. The molecule has 28 heavy (non-hydrogen) atoms. The topological polar surface area (TPSA) is 80.5 Å². The minimum atomic E-state index is -4.13. The maximum absolute atomic E-state index is 12.7. The van der Waals surface area contributed by atoms with Crippen molar-refractivity contribution in [3.05, 3.63) is 0 Å². The predicted octanol–water partition coefficient (Wildman–Crippen LogP) is 1.53. The summed E-state index contributed by atoms with van der Waals surface area (Å²) in [4.78, 5) is 14.4. The molecule has 0 spiro atoms. The van der Waals surface area contributed by atoms with Crippen molar-refractivity contribution in [3.63, 3.8) is 0 Å². The minimum absolute atomic E-state index is 0.0738. The van der Waals surface area contributed by atoms with Crippen LogP contribution >= 0.6 is 0 Å². The van der Waals surface area contributed by atoms with E-state index in [0.717, 1.165) is 25.9 Å². The molecule has 2 fully saturated rings. The number of rotatable bonds is 7. The van der Waals surface area contributed by atoms with Gasteiger partial charge >= 0.3 is 12.2 Å². The average Bonchev–Trinajstić information content (AvgIpc) is 2.57. The summed E-state index contributed by atoms with van der Waals surface area (Å²) in [7, 11) is 4.08. The van der Waals surface area contributed by atoms with Gasteiger partial charge in [-0.3, -0.25) is 10.6 Å². The Kier molecular flexibility index (Phi) is 8.79. The lowest BCUT2D eigenvalue weighted by Crippen LogP contribution is -2.68. The Morgan fingerprint density at radius 1 is 1.11 bits per heavy atom. The van der Waals surface area contributed by atoms with E-state index in [1.54, 1.807) is 0 Å². The third-order valence-electron chi connectivity index (χ3n) is 5.38. The molecule has 0 aromatic rings. The number of carbonyl (C=O) groups excluding carboxylic acids is 1. The van der Waals surface area contributed by atoms with Gasteiger partial charge in [0.25, 0.3) is 0 Å². The van der Waals surface area contributed by atoms with Gasteiger partial charge in [0.05, 0.1) is 12.1 Å². The van der Waals surface area contributed by atoms with Crippen LogP contribution in [0.25, 0.3) is 0 Å². The highest BCUT2D eigenvalue weighted by Crippen LogP contribution is 2.37. The molecule has 10 heteroatoms. The number of nitrogens with zero attached hydrogens (tertiary/aromatic N) is 1. The summed E-state index contributed by atoms with van der Waals surface area (Å²) in [5.41, 5.74) is 0. The molecule has 1 aliphatic carbocycles. The summed E-state index contributed by atoms with van der Waals surface area (Å²) < 4.78 is 38.2. The summed E-state index contributed by atoms with van der Waals surface area (Å²) in [6.45, 7) is 3.94. The van der Waals surface area contributed by atoms with E-state index in [2.05, 4.69) is 38.4 Å². The fourth-order valence-electron chi connectivity index (χ4n) is 3.84. The summed E-state index contributed by atoms with van der Waals surface area (Å²) in [6, 6.07) is -0.347. The highest BCUT2D eigenvalue weighted by molar-refractivity contribution is 5.74. The number of alkyl halides is 3. The lowest BCUT2D eigenvalue weighted by Gasteiger charge is -2.37. The molecule has 164 valence electrons. The molecule has 5 N–H and O–H groups in total. The standard InChI is InChI=1S/C18H35F3N6O/c1-12-11-15(22-9-4-10-27(2)3)25-16(23-12)26-17(28)24-14-7-5-13(6-8-14)18(19,20)21/h12-16,22-23,25H,4-11H2,1-3H3,(H2,24,26,28). The van der Waals surface area contributed by atoms with Gasteiger partial charge in [0.2, 0.25) is 0 Å². The summed E-state index contributed by atoms with van der Waals surface area (Å²) >= 11 is 0. The van der Waals surface area contributed by atoms with Crippen LogP contribution < -0.4 is 26.6 Å². The van der Waals surface area contributed by atoms with E-state index in [0.29, 0.717) is 12.8 Å². The zero-order valence-electron chi connectivity index (χ0n) is 17.0. The van der Waals surface area contributed by atoms with Gasteiger partial charge in [0, 0.05) is 12.1 Å². The third kappa shape index (κ3) is 8.10. The largest absolute Gasteiger partial charge is 0.391 e. The Balaban J connectivity index is 1.69. The first-order chi connectivity index (χ1) is 13.1. The van der Waals surface area contributed by atoms with Crippen molar-refractivity contribution >= 4 is 6.03 Å². The normalized spacial score (nSPS) is 31.6. The molecule has 1 aliphatic heterocycles.